The first-order chi connectivity index (χ1) is 17.3. The molecule has 184 valence electrons. The maximum atomic E-state index is 9.48. The Morgan fingerprint density at radius 1 is 0.914 bits per heavy atom. The number of fused-ring (bicyclic) bond motifs is 1. The number of hydrogen-bond donors (Lipinski definition) is 2. The van der Waals surface area contributed by atoms with Crippen LogP contribution in [0, 0.1) is 5.92 Å². The molecule has 1 aromatic carbocycles. The van der Waals surface area contributed by atoms with Gasteiger partial charge in [-0.3, -0.25) is 4.98 Å². The van der Waals surface area contributed by atoms with Gasteiger partial charge in [0.25, 0.3) is 0 Å². The van der Waals surface area contributed by atoms with Crippen molar-refractivity contribution in [2.75, 3.05) is 55.7 Å². The van der Waals surface area contributed by atoms with E-state index in [0.717, 1.165) is 93.2 Å². The zero-order chi connectivity index (χ0) is 23.6. The lowest BCUT2D eigenvalue weighted by Gasteiger charge is -2.40. The summed E-state index contributed by atoms with van der Waals surface area (Å²) >= 11 is 0. The van der Waals surface area contributed by atoms with Crippen LogP contribution in [0.15, 0.2) is 42.6 Å². The Kier molecular flexibility index (Phi) is 6.39. The zero-order valence-corrected chi connectivity index (χ0v) is 20.1. The molecule has 0 atom stereocenters. The van der Waals surface area contributed by atoms with Crippen LogP contribution in [-0.2, 0) is 0 Å². The molecule has 35 heavy (non-hydrogen) atoms. The molecule has 3 aliphatic rings. The summed E-state index contributed by atoms with van der Waals surface area (Å²) in [5.41, 5.74) is 2.02. The largest absolute Gasteiger partial charge is 0.469 e. The third-order valence-corrected chi connectivity index (χ3v) is 7.71. The van der Waals surface area contributed by atoms with Crippen molar-refractivity contribution in [3.05, 3.63) is 48.3 Å². The molecule has 8 heteroatoms. The van der Waals surface area contributed by atoms with Crippen LogP contribution in [0.5, 0.6) is 5.88 Å². The van der Waals surface area contributed by atoms with Crippen molar-refractivity contribution < 1.29 is 9.84 Å². The highest BCUT2D eigenvalue weighted by Gasteiger charge is 2.33. The van der Waals surface area contributed by atoms with E-state index < -0.39 is 0 Å². The van der Waals surface area contributed by atoms with Gasteiger partial charge in [-0.1, -0.05) is 18.2 Å². The van der Waals surface area contributed by atoms with Gasteiger partial charge in [-0.25, -0.2) is 4.98 Å². The molecule has 0 saturated carbocycles. The maximum Gasteiger partial charge on any atom is 0.238 e. The number of ether oxygens (including phenoxy) is 1. The number of rotatable bonds is 6. The van der Waals surface area contributed by atoms with Gasteiger partial charge in [-0.2, -0.15) is 4.98 Å². The Morgan fingerprint density at radius 3 is 2.51 bits per heavy atom. The van der Waals surface area contributed by atoms with Crippen LogP contribution in [0.25, 0.3) is 10.9 Å². The third-order valence-electron chi connectivity index (χ3n) is 7.71. The van der Waals surface area contributed by atoms with Crippen molar-refractivity contribution in [1.82, 2.24) is 20.3 Å². The Labute approximate surface area is 206 Å². The van der Waals surface area contributed by atoms with E-state index in [9.17, 15) is 5.11 Å². The number of aromatic nitrogens is 3. The number of nitrogens with zero attached hydrogens (tertiary/aromatic N) is 5. The average Bonchev–Trinajstić information content (AvgIpc) is 2.90. The normalized spacial score (nSPS) is 20.3. The molecule has 0 spiro atoms. The zero-order valence-electron chi connectivity index (χ0n) is 20.1. The molecule has 3 fully saturated rings. The van der Waals surface area contributed by atoms with Crippen molar-refractivity contribution in [2.24, 2.45) is 5.92 Å². The third kappa shape index (κ3) is 4.77. The average molecular weight is 475 g/mol. The predicted molar refractivity (Wildman–Crippen MR) is 137 cm³/mol. The molecule has 3 saturated heterocycles. The topological polar surface area (TPSA) is 86.6 Å². The Balaban J connectivity index is 1.18. The molecule has 0 radical (unpaired) electrons. The number of piperidine rings is 2. The first kappa shape index (κ1) is 22.5. The van der Waals surface area contributed by atoms with Gasteiger partial charge in [0.15, 0.2) is 5.82 Å². The van der Waals surface area contributed by atoms with E-state index >= 15 is 0 Å². The lowest BCUT2D eigenvalue weighted by atomic mass is 9.94. The lowest BCUT2D eigenvalue weighted by Crippen LogP contribution is -2.54. The summed E-state index contributed by atoms with van der Waals surface area (Å²) < 4.78 is 6.52. The molecule has 3 aliphatic heterocycles. The highest BCUT2D eigenvalue weighted by atomic mass is 16.5. The second-order valence-corrected chi connectivity index (χ2v) is 10.1. The van der Waals surface area contributed by atoms with E-state index in [1.807, 2.05) is 18.3 Å². The molecule has 0 amide bonds. The van der Waals surface area contributed by atoms with E-state index in [1.165, 1.54) is 0 Å². The SMILES string of the molecule is OCC1CCN(c2cnc(C3CCNCC3)c(OC3CN(c4ccc5ccccc5n4)C3)n2)CC1. The van der Waals surface area contributed by atoms with Crippen LogP contribution in [-0.4, -0.2) is 72.0 Å². The summed E-state index contributed by atoms with van der Waals surface area (Å²) in [5, 5.41) is 14.1. The second kappa shape index (κ2) is 9.95. The van der Waals surface area contributed by atoms with Crippen LogP contribution in [0.3, 0.4) is 0 Å². The molecule has 3 aromatic rings. The summed E-state index contributed by atoms with van der Waals surface area (Å²) in [6.45, 7) is 5.68. The predicted octanol–water partition coefficient (Wildman–Crippen LogP) is 2.97. The quantitative estimate of drug-likeness (QED) is 0.564. The maximum absolute atomic E-state index is 9.48. The minimum absolute atomic E-state index is 0.0772. The van der Waals surface area contributed by atoms with Crippen molar-refractivity contribution in [3.8, 4) is 5.88 Å². The summed E-state index contributed by atoms with van der Waals surface area (Å²) in [7, 11) is 0. The van der Waals surface area contributed by atoms with Crippen molar-refractivity contribution in [2.45, 2.75) is 37.7 Å². The van der Waals surface area contributed by atoms with Gasteiger partial charge in [-0.05, 0) is 62.9 Å². The van der Waals surface area contributed by atoms with Crippen LogP contribution in [0.4, 0.5) is 11.6 Å². The summed E-state index contributed by atoms with van der Waals surface area (Å²) in [4.78, 5) is 19.3. The first-order valence-corrected chi connectivity index (χ1v) is 13.0. The van der Waals surface area contributed by atoms with Gasteiger partial charge in [0.05, 0.1) is 24.8 Å². The molecular weight excluding hydrogens is 440 g/mol. The number of aliphatic hydroxyl groups excluding tert-OH is 1. The molecule has 8 nitrogen and oxygen atoms in total. The number of hydrogen-bond acceptors (Lipinski definition) is 8. The van der Waals surface area contributed by atoms with Gasteiger partial charge < -0.3 is 25.0 Å². The molecule has 2 N–H and O–H groups in total. The minimum Gasteiger partial charge on any atom is -0.469 e. The molecule has 2 aromatic heterocycles. The van der Waals surface area contributed by atoms with E-state index in [2.05, 4.69) is 39.4 Å². The van der Waals surface area contributed by atoms with E-state index in [0.29, 0.717) is 17.7 Å². The standard InChI is InChI=1S/C27H34N6O2/c34-18-19-9-13-32(14-10-19)25-15-29-26(21-7-11-28-12-8-21)27(31-25)35-22-16-33(17-22)24-6-5-20-3-1-2-4-23(20)30-24/h1-6,15,19,21-22,28,34H,7-14,16-18H2. The fourth-order valence-corrected chi connectivity index (χ4v) is 5.42. The number of aliphatic hydroxyl groups is 1. The van der Waals surface area contributed by atoms with E-state index in [-0.39, 0.29) is 12.7 Å². The van der Waals surface area contributed by atoms with Crippen LogP contribution in [0.2, 0.25) is 0 Å². The number of benzene rings is 1. The number of pyridine rings is 1. The molecule has 5 heterocycles. The van der Waals surface area contributed by atoms with Gasteiger partial charge >= 0.3 is 0 Å². The Bertz CT molecular complexity index is 1150. The smallest absolute Gasteiger partial charge is 0.238 e. The van der Waals surface area contributed by atoms with Crippen LogP contribution in [0.1, 0.15) is 37.3 Å². The highest BCUT2D eigenvalue weighted by molar-refractivity contribution is 5.80. The molecule has 0 unspecified atom stereocenters. The van der Waals surface area contributed by atoms with Crippen molar-refractivity contribution in [1.29, 1.82) is 0 Å². The molecule has 6 rings (SSSR count). The lowest BCUT2D eigenvalue weighted by molar-refractivity contribution is 0.155. The monoisotopic (exact) mass is 474 g/mol. The number of nitrogens with one attached hydrogen (secondary N) is 1. The fourth-order valence-electron chi connectivity index (χ4n) is 5.42. The van der Waals surface area contributed by atoms with Gasteiger partial charge in [-0.15, -0.1) is 0 Å². The van der Waals surface area contributed by atoms with E-state index in [4.69, 9.17) is 19.7 Å². The Hall–Kier alpha value is -2.97. The Morgan fingerprint density at radius 2 is 1.71 bits per heavy atom. The van der Waals surface area contributed by atoms with Gasteiger partial charge in [0, 0.05) is 31.0 Å². The molecule has 0 aliphatic carbocycles. The number of para-hydroxylation sites is 1. The van der Waals surface area contributed by atoms with Crippen LogP contribution < -0.4 is 19.9 Å². The minimum atomic E-state index is 0.0772. The molecular formula is C27H34N6O2. The van der Waals surface area contributed by atoms with Crippen molar-refractivity contribution >= 4 is 22.5 Å². The van der Waals surface area contributed by atoms with Gasteiger partial charge in [0.1, 0.15) is 17.6 Å². The summed E-state index contributed by atoms with van der Waals surface area (Å²) in [6.07, 6.45) is 6.10. The van der Waals surface area contributed by atoms with Crippen LogP contribution >= 0.6 is 0 Å². The van der Waals surface area contributed by atoms with E-state index in [1.54, 1.807) is 0 Å². The van der Waals surface area contributed by atoms with Crippen molar-refractivity contribution in [3.63, 3.8) is 0 Å². The number of anilines is 2. The highest BCUT2D eigenvalue weighted by Crippen LogP contribution is 2.34. The first-order valence-electron chi connectivity index (χ1n) is 13.0. The summed E-state index contributed by atoms with van der Waals surface area (Å²) in [6, 6.07) is 12.4. The second-order valence-electron chi connectivity index (χ2n) is 10.1. The fraction of sp³-hybridized carbons (Fsp3) is 0.519. The summed E-state index contributed by atoms with van der Waals surface area (Å²) in [5.74, 6) is 3.37. The molecule has 0 bridgehead atoms. The van der Waals surface area contributed by atoms with Gasteiger partial charge in [0.2, 0.25) is 5.88 Å².